The molecule has 2 heterocycles. The van der Waals surface area contributed by atoms with E-state index in [4.69, 9.17) is 15.2 Å². The zero-order valence-electron chi connectivity index (χ0n) is 17.9. The van der Waals surface area contributed by atoms with Gasteiger partial charge in [0, 0.05) is 11.4 Å². The van der Waals surface area contributed by atoms with Crippen LogP contribution in [0.15, 0.2) is 23.4 Å². The van der Waals surface area contributed by atoms with Gasteiger partial charge in [0.15, 0.2) is 16.7 Å². The van der Waals surface area contributed by atoms with Crippen LogP contribution in [-0.4, -0.2) is 35.8 Å². The van der Waals surface area contributed by atoms with Gasteiger partial charge in [0.25, 0.3) is 0 Å². The van der Waals surface area contributed by atoms with E-state index in [0.717, 1.165) is 28.6 Å². The number of ether oxygens (including phenoxy) is 2. The van der Waals surface area contributed by atoms with Gasteiger partial charge >= 0.3 is 0 Å². The van der Waals surface area contributed by atoms with Crippen LogP contribution in [0.1, 0.15) is 29.3 Å². The summed E-state index contributed by atoms with van der Waals surface area (Å²) in [5.74, 6) is 2.63. The number of anilines is 1. The van der Waals surface area contributed by atoms with Crippen LogP contribution in [0, 0.1) is 5.92 Å². The first-order valence-electron chi connectivity index (χ1n) is 10.2. The summed E-state index contributed by atoms with van der Waals surface area (Å²) in [5.41, 5.74) is 8.52. The first-order valence-corrected chi connectivity index (χ1v) is 12.0. The van der Waals surface area contributed by atoms with E-state index < -0.39 is 0 Å². The third kappa shape index (κ3) is 4.72. The fourth-order valence-electron chi connectivity index (χ4n) is 3.79. The van der Waals surface area contributed by atoms with Crippen molar-refractivity contribution in [3.05, 3.63) is 34.2 Å². The third-order valence-electron chi connectivity index (χ3n) is 5.43. The molecule has 7 nitrogen and oxygen atoms in total. The Morgan fingerprint density at radius 2 is 2.10 bits per heavy atom. The molecule has 0 spiro atoms. The highest BCUT2D eigenvalue weighted by Gasteiger charge is 2.23. The van der Waals surface area contributed by atoms with Crippen molar-refractivity contribution in [2.75, 3.05) is 25.7 Å². The Labute approximate surface area is 189 Å². The maximum Gasteiger partial charge on any atom is 0.230 e. The first kappa shape index (κ1) is 21.7. The molecule has 1 aliphatic rings. The molecule has 1 amide bonds. The second-order valence-electron chi connectivity index (χ2n) is 7.68. The number of nitrogen functional groups attached to an aromatic ring is 1. The minimum absolute atomic E-state index is 0.0960. The Morgan fingerprint density at radius 1 is 1.29 bits per heavy atom. The molecule has 0 saturated carbocycles. The summed E-state index contributed by atoms with van der Waals surface area (Å²) in [6, 6.07) is 5.57. The number of nitrogens with zero attached hydrogens (tertiary/aromatic N) is 2. The lowest BCUT2D eigenvalue weighted by Gasteiger charge is -2.17. The lowest BCUT2D eigenvalue weighted by Crippen LogP contribution is -2.24. The number of nitrogens with one attached hydrogen (secondary N) is 1. The maximum absolute atomic E-state index is 12.3. The molecule has 1 atom stereocenters. The number of nitrogens with two attached hydrogens (primary N) is 1. The van der Waals surface area contributed by atoms with E-state index in [1.54, 1.807) is 25.6 Å². The number of benzene rings is 1. The van der Waals surface area contributed by atoms with Gasteiger partial charge in [-0.15, -0.1) is 11.3 Å². The molecule has 3 aromatic rings. The molecule has 1 aromatic carbocycles. The van der Waals surface area contributed by atoms with Crippen LogP contribution < -0.4 is 20.5 Å². The summed E-state index contributed by atoms with van der Waals surface area (Å²) < 4.78 is 10.5. The second-order valence-corrected chi connectivity index (χ2v) is 9.70. The molecule has 1 unspecified atom stereocenters. The van der Waals surface area contributed by atoms with E-state index in [9.17, 15) is 4.79 Å². The average Bonchev–Trinajstić information content (AvgIpc) is 3.13. The van der Waals surface area contributed by atoms with E-state index in [1.807, 2.05) is 18.2 Å². The molecule has 0 saturated heterocycles. The van der Waals surface area contributed by atoms with E-state index in [0.29, 0.717) is 34.9 Å². The van der Waals surface area contributed by atoms with Crippen molar-refractivity contribution in [3.8, 4) is 11.5 Å². The first-order chi connectivity index (χ1) is 15.0. The molecule has 164 valence electrons. The molecule has 1 aliphatic carbocycles. The highest BCUT2D eigenvalue weighted by molar-refractivity contribution is 7.99. The van der Waals surface area contributed by atoms with E-state index in [2.05, 4.69) is 22.2 Å². The normalized spacial score (nSPS) is 15.5. The summed E-state index contributed by atoms with van der Waals surface area (Å²) in [6.07, 6.45) is 3.29. The Kier molecular flexibility index (Phi) is 6.52. The van der Waals surface area contributed by atoms with Crippen LogP contribution in [0.4, 0.5) is 5.82 Å². The van der Waals surface area contributed by atoms with Crippen LogP contribution in [0.2, 0.25) is 0 Å². The van der Waals surface area contributed by atoms with Crippen molar-refractivity contribution in [2.24, 2.45) is 5.92 Å². The van der Waals surface area contributed by atoms with Crippen molar-refractivity contribution >= 4 is 45.0 Å². The van der Waals surface area contributed by atoms with Gasteiger partial charge in [-0.2, -0.15) is 0 Å². The van der Waals surface area contributed by atoms with Gasteiger partial charge in [-0.25, -0.2) is 9.97 Å². The van der Waals surface area contributed by atoms with Crippen LogP contribution in [0.3, 0.4) is 0 Å². The van der Waals surface area contributed by atoms with Crippen molar-refractivity contribution < 1.29 is 14.3 Å². The molecule has 31 heavy (non-hydrogen) atoms. The number of fused-ring (bicyclic) bond motifs is 3. The summed E-state index contributed by atoms with van der Waals surface area (Å²) in [5, 5.41) is 4.46. The Balaban J connectivity index is 1.38. The minimum atomic E-state index is -0.0960. The topological polar surface area (TPSA) is 99.4 Å². The Hall–Kier alpha value is -2.52. The van der Waals surface area contributed by atoms with Crippen molar-refractivity contribution in [2.45, 2.75) is 37.9 Å². The molecule has 2 aromatic heterocycles. The number of methoxy groups -OCH3 is 2. The number of hydrogen-bond acceptors (Lipinski definition) is 8. The lowest BCUT2D eigenvalue weighted by molar-refractivity contribution is -0.118. The van der Waals surface area contributed by atoms with Gasteiger partial charge in [0.2, 0.25) is 5.91 Å². The SMILES string of the molecule is COc1ccc(CNC(=O)CSc2nc(N)c3c4c(sc3n2)CC(C)CC4)cc1OC. The van der Waals surface area contributed by atoms with Crippen molar-refractivity contribution in [1.29, 1.82) is 0 Å². The van der Waals surface area contributed by atoms with Gasteiger partial charge in [0.1, 0.15) is 10.6 Å². The summed E-state index contributed by atoms with van der Waals surface area (Å²) >= 11 is 3.01. The third-order valence-corrected chi connectivity index (χ3v) is 7.43. The maximum atomic E-state index is 12.3. The van der Waals surface area contributed by atoms with Gasteiger partial charge in [-0.1, -0.05) is 24.8 Å². The minimum Gasteiger partial charge on any atom is -0.493 e. The largest absolute Gasteiger partial charge is 0.493 e. The van der Waals surface area contributed by atoms with E-state index in [1.165, 1.54) is 28.6 Å². The zero-order valence-corrected chi connectivity index (χ0v) is 19.5. The monoisotopic (exact) mass is 458 g/mol. The summed E-state index contributed by atoms with van der Waals surface area (Å²) in [7, 11) is 3.18. The fourth-order valence-corrected chi connectivity index (χ4v) is 5.92. The van der Waals surface area contributed by atoms with Crippen molar-refractivity contribution in [1.82, 2.24) is 15.3 Å². The number of hydrogen-bond donors (Lipinski definition) is 2. The molecular formula is C22H26N4O3S2. The smallest absolute Gasteiger partial charge is 0.230 e. The number of aryl methyl sites for hydroxylation is 1. The number of rotatable bonds is 7. The summed E-state index contributed by atoms with van der Waals surface area (Å²) in [4.78, 5) is 23.8. The number of carbonyl (C=O) groups excluding carboxylic acids is 1. The number of amides is 1. The van der Waals surface area contributed by atoms with Gasteiger partial charge < -0.3 is 20.5 Å². The quantitative estimate of drug-likeness (QED) is 0.410. The second kappa shape index (κ2) is 9.32. The van der Waals surface area contributed by atoms with Crippen LogP contribution in [0.5, 0.6) is 11.5 Å². The molecule has 0 bridgehead atoms. The number of thioether (sulfide) groups is 1. The predicted octanol–water partition coefficient (Wildman–Crippen LogP) is 3.82. The van der Waals surface area contributed by atoms with E-state index in [-0.39, 0.29) is 11.7 Å². The standard InChI is InChI=1S/C22H26N4O3S2/c1-12-4-6-14-17(8-12)31-21-19(14)20(23)25-22(26-21)30-11-18(27)24-10-13-5-7-15(28-2)16(9-13)29-3/h5,7,9,12H,4,6,8,10-11H2,1-3H3,(H,24,27)(H2,23,25,26). The van der Waals surface area contributed by atoms with Crippen LogP contribution in [-0.2, 0) is 24.2 Å². The molecule has 0 radical (unpaired) electrons. The summed E-state index contributed by atoms with van der Waals surface area (Å²) in [6.45, 7) is 2.68. The molecule has 3 N–H and O–H groups in total. The highest BCUT2D eigenvalue weighted by Crippen LogP contribution is 2.39. The van der Waals surface area contributed by atoms with Gasteiger partial charge in [-0.3, -0.25) is 4.79 Å². The molecular weight excluding hydrogens is 432 g/mol. The Bertz CT molecular complexity index is 1120. The Morgan fingerprint density at radius 3 is 2.87 bits per heavy atom. The number of aromatic nitrogens is 2. The van der Waals surface area contributed by atoms with Gasteiger partial charge in [0.05, 0.1) is 25.4 Å². The lowest BCUT2D eigenvalue weighted by atomic mass is 9.89. The number of thiophene rings is 1. The van der Waals surface area contributed by atoms with Crippen LogP contribution >= 0.6 is 23.1 Å². The average molecular weight is 459 g/mol. The van der Waals surface area contributed by atoms with E-state index >= 15 is 0 Å². The van der Waals surface area contributed by atoms with Gasteiger partial charge in [-0.05, 0) is 48.4 Å². The van der Waals surface area contributed by atoms with Crippen molar-refractivity contribution in [3.63, 3.8) is 0 Å². The zero-order chi connectivity index (χ0) is 22.0. The molecule has 0 fully saturated rings. The highest BCUT2D eigenvalue weighted by atomic mass is 32.2. The number of carbonyl (C=O) groups is 1. The predicted molar refractivity (Wildman–Crippen MR) is 125 cm³/mol. The molecule has 4 rings (SSSR count). The van der Waals surface area contributed by atoms with Crippen LogP contribution in [0.25, 0.3) is 10.2 Å². The fraction of sp³-hybridized carbons (Fsp3) is 0.409. The molecule has 9 heteroatoms. The molecule has 0 aliphatic heterocycles.